The van der Waals surface area contributed by atoms with E-state index in [1.165, 1.54) is 50.1 Å². The van der Waals surface area contributed by atoms with Crippen LogP contribution in [-0.2, 0) is 6.42 Å². The fourth-order valence-corrected chi connectivity index (χ4v) is 3.92. The van der Waals surface area contributed by atoms with Gasteiger partial charge < -0.3 is 15.0 Å². The van der Waals surface area contributed by atoms with Crippen molar-refractivity contribution < 1.29 is 4.74 Å². The molecule has 3 rings (SSSR count). The molecule has 1 aromatic rings. The maximum Gasteiger partial charge on any atom is 0.122 e. The van der Waals surface area contributed by atoms with Crippen molar-refractivity contribution in [2.75, 3.05) is 46.9 Å². The lowest BCUT2D eigenvalue weighted by Gasteiger charge is -2.37. The van der Waals surface area contributed by atoms with E-state index in [9.17, 15) is 0 Å². The van der Waals surface area contributed by atoms with Crippen LogP contribution in [0.15, 0.2) is 18.2 Å². The Balaban J connectivity index is 1.59. The second kappa shape index (κ2) is 7.65. The number of fused-ring (bicyclic) bond motifs is 1. The predicted octanol–water partition coefficient (Wildman–Crippen LogP) is 2.30. The van der Waals surface area contributed by atoms with Gasteiger partial charge in [-0.05, 0) is 50.4 Å². The van der Waals surface area contributed by atoms with Gasteiger partial charge in [0.05, 0.1) is 7.11 Å². The second-order valence-corrected chi connectivity index (χ2v) is 7.07. The SMILES string of the molecule is COc1cccc2c1CCC[C@@H]2NC[C@@H](C)N1CCN(C)CC1. The van der Waals surface area contributed by atoms with Gasteiger partial charge in [0.15, 0.2) is 0 Å². The maximum atomic E-state index is 5.55. The van der Waals surface area contributed by atoms with Gasteiger partial charge in [-0.1, -0.05) is 12.1 Å². The van der Waals surface area contributed by atoms with Gasteiger partial charge in [0.1, 0.15) is 5.75 Å². The molecular formula is C19H31N3O. The van der Waals surface area contributed by atoms with E-state index in [0.717, 1.165) is 18.7 Å². The molecule has 1 heterocycles. The molecule has 1 saturated heterocycles. The highest BCUT2D eigenvalue weighted by molar-refractivity contribution is 5.43. The van der Waals surface area contributed by atoms with Crippen LogP contribution in [0.5, 0.6) is 5.75 Å². The third-order valence-electron chi connectivity index (χ3n) is 5.51. The van der Waals surface area contributed by atoms with Gasteiger partial charge in [0, 0.05) is 44.8 Å². The van der Waals surface area contributed by atoms with Gasteiger partial charge in [0.25, 0.3) is 0 Å². The normalized spacial score (nSPS) is 24.2. The molecule has 1 aliphatic heterocycles. The first-order valence-corrected chi connectivity index (χ1v) is 9.01. The molecule has 2 aliphatic rings. The van der Waals surface area contributed by atoms with Crippen molar-refractivity contribution in [3.05, 3.63) is 29.3 Å². The Labute approximate surface area is 140 Å². The first-order chi connectivity index (χ1) is 11.2. The molecular weight excluding hydrogens is 286 g/mol. The summed E-state index contributed by atoms with van der Waals surface area (Å²) in [5.41, 5.74) is 2.85. The smallest absolute Gasteiger partial charge is 0.122 e. The largest absolute Gasteiger partial charge is 0.496 e. The summed E-state index contributed by atoms with van der Waals surface area (Å²) in [4.78, 5) is 5.03. The number of hydrogen-bond acceptors (Lipinski definition) is 4. The predicted molar refractivity (Wildman–Crippen MR) is 95.2 cm³/mol. The number of ether oxygens (including phenoxy) is 1. The molecule has 0 spiro atoms. The molecule has 0 saturated carbocycles. The van der Waals surface area contributed by atoms with Crippen LogP contribution in [0.1, 0.15) is 36.9 Å². The van der Waals surface area contributed by atoms with Crippen LogP contribution in [-0.4, -0.2) is 62.7 Å². The molecule has 128 valence electrons. The zero-order valence-corrected chi connectivity index (χ0v) is 14.8. The molecule has 0 bridgehead atoms. The zero-order chi connectivity index (χ0) is 16.2. The fourth-order valence-electron chi connectivity index (χ4n) is 3.92. The molecule has 23 heavy (non-hydrogen) atoms. The zero-order valence-electron chi connectivity index (χ0n) is 14.8. The van der Waals surface area contributed by atoms with Gasteiger partial charge >= 0.3 is 0 Å². The van der Waals surface area contributed by atoms with Crippen molar-refractivity contribution in [2.45, 2.75) is 38.3 Å². The Morgan fingerprint density at radius 2 is 2.04 bits per heavy atom. The van der Waals surface area contributed by atoms with E-state index in [1.54, 1.807) is 7.11 Å². The molecule has 0 unspecified atom stereocenters. The first-order valence-electron chi connectivity index (χ1n) is 9.01. The van der Waals surface area contributed by atoms with Crippen molar-refractivity contribution in [2.24, 2.45) is 0 Å². The van der Waals surface area contributed by atoms with Crippen molar-refractivity contribution >= 4 is 0 Å². The number of hydrogen-bond donors (Lipinski definition) is 1. The third kappa shape index (κ3) is 3.87. The van der Waals surface area contributed by atoms with Gasteiger partial charge in [0.2, 0.25) is 0 Å². The van der Waals surface area contributed by atoms with Gasteiger partial charge in [-0.25, -0.2) is 0 Å². The van der Waals surface area contributed by atoms with Crippen molar-refractivity contribution in [1.29, 1.82) is 0 Å². The lowest BCUT2D eigenvalue weighted by Crippen LogP contribution is -2.51. The maximum absolute atomic E-state index is 5.55. The molecule has 1 N–H and O–H groups in total. The Hall–Kier alpha value is -1.10. The number of rotatable bonds is 5. The third-order valence-corrected chi connectivity index (χ3v) is 5.51. The summed E-state index contributed by atoms with van der Waals surface area (Å²) in [6.07, 6.45) is 3.62. The molecule has 4 heteroatoms. The Morgan fingerprint density at radius 3 is 2.78 bits per heavy atom. The molecule has 0 aromatic heterocycles. The number of methoxy groups -OCH3 is 1. The Kier molecular flexibility index (Phi) is 5.57. The van der Waals surface area contributed by atoms with E-state index in [4.69, 9.17) is 4.74 Å². The molecule has 0 radical (unpaired) electrons. The Bertz CT molecular complexity index is 511. The van der Waals surface area contributed by atoms with Crippen molar-refractivity contribution in [3.63, 3.8) is 0 Å². The van der Waals surface area contributed by atoms with Crippen molar-refractivity contribution in [3.8, 4) is 5.75 Å². The highest BCUT2D eigenvalue weighted by Crippen LogP contribution is 2.35. The van der Waals surface area contributed by atoms with Crippen LogP contribution < -0.4 is 10.1 Å². The molecule has 2 atom stereocenters. The van der Waals surface area contributed by atoms with E-state index < -0.39 is 0 Å². The van der Waals surface area contributed by atoms with E-state index in [0.29, 0.717) is 12.1 Å². The van der Waals surface area contributed by atoms with Crippen LogP contribution >= 0.6 is 0 Å². The standard InChI is InChI=1S/C19H31N3O/c1-15(22-12-10-21(2)11-13-22)14-20-18-8-4-7-17-16(18)6-5-9-19(17)23-3/h5-6,9,15,18,20H,4,7-8,10-14H2,1-3H3/t15-,18+/m1/s1. The molecule has 1 fully saturated rings. The van der Waals surface area contributed by atoms with E-state index in [-0.39, 0.29) is 0 Å². The van der Waals surface area contributed by atoms with Crippen LogP contribution in [0, 0.1) is 0 Å². The lowest BCUT2D eigenvalue weighted by molar-refractivity contribution is 0.116. The van der Waals surface area contributed by atoms with Gasteiger partial charge in [-0.3, -0.25) is 4.90 Å². The van der Waals surface area contributed by atoms with E-state index in [2.05, 4.69) is 47.3 Å². The minimum absolute atomic E-state index is 0.476. The number of likely N-dealkylation sites (N-methyl/N-ethyl adjacent to an activating group) is 1. The Morgan fingerprint density at radius 1 is 1.26 bits per heavy atom. The average Bonchev–Trinajstić information content (AvgIpc) is 2.59. The summed E-state index contributed by atoms with van der Waals surface area (Å²) in [5.74, 6) is 1.06. The first kappa shape index (κ1) is 16.7. The van der Waals surface area contributed by atoms with E-state index >= 15 is 0 Å². The summed E-state index contributed by atoms with van der Waals surface area (Å²) < 4.78 is 5.55. The minimum Gasteiger partial charge on any atom is -0.496 e. The van der Waals surface area contributed by atoms with Crippen molar-refractivity contribution in [1.82, 2.24) is 15.1 Å². The van der Waals surface area contributed by atoms with Crippen LogP contribution in [0.4, 0.5) is 0 Å². The summed E-state index contributed by atoms with van der Waals surface area (Å²) >= 11 is 0. The fraction of sp³-hybridized carbons (Fsp3) is 0.684. The lowest BCUT2D eigenvalue weighted by atomic mass is 9.87. The highest BCUT2D eigenvalue weighted by Gasteiger charge is 2.24. The molecule has 1 aliphatic carbocycles. The molecule has 0 amide bonds. The van der Waals surface area contributed by atoms with Gasteiger partial charge in [-0.2, -0.15) is 0 Å². The summed E-state index contributed by atoms with van der Waals surface area (Å²) in [7, 11) is 3.99. The molecule has 1 aromatic carbocycles. The molecule has 4 nitrogen and oxygen atoms in total. The quantitative estimate of drug-likeness (QED) is 0.902. The second-order valence-electron chi connectivity index (χ2n) is 7.07. The highest BCUT2D eigenvalue weighted by atomic mass is 16.5. The summed E-state index contributed by atoms with van der Waals surface area (Å²) in [6.45, 7) is 8.17. The number of piperazine rings is 1. The van der Waals surface area contributed by atoms with E-state index in [1.807, 2.05) is 0 Å². The summed E-state index contributed by atoms with van der Waals surface area (Å²) in [6, 6.07) is 7.56. The minimum atomic E-state index is 0.476. The average molecular weight is 317 g/mol. The van der Waals surface area contributed by atoms with Crippen LogP contribution in [0.2, 0.25) is 0 Å². The summed E-state index contributed by atoms with van der Waals surface area (Å²) in [5, 5.41) is 3.83. The van der Waals surface area contributed by atoms with Crippen LogP contribution in [0.25, 0.3) is 0 Å². The number of nitrogens with one attached hydrogen (secondary N) is 1. The monoisotopic (exact) mass is 317 g/mol. The number of nitrogens with zero attached hydrogens (tertiary/aromatic N) is 2. The van der Waals surface area contributed by atoms with Crippen LogP contribution in [0.3, 0.4) is 0 Å². The number of benzene rings is 1. The van der Waals surface area contributed by atoms with Gasteiger partial charge in [-0.15, -0.1) is 0 Å². The topological polar surface area (TPSA) is 27.7 Å².